The van der Waals surface area contributed by atoms with E-state index in [2.05, 4.69) is 66.7 Å². The summed E-state index contributed by atoms with van der Waals surface area (Å²) in [5, 5.41) is 2.64. The third-order valence-corrected chi connectivity index (χ3v) is 6.30. The van der Waals surface area contributed by atoms with Crippen LogP contribution in [0.1, 0.15) is 49.7 Å². The van der Waals surface area contributed by atoms with Crippen LogP contribution in [0.4, 0.5) is 0 Å². The SMILES string of the molecule is C1=C(CC2CCCCC2)Cc2cccc(-c3ccc4ccccc4c3)c21. The first kappa shape index (κ1) is 15.9. The van der Waals surface area contributed by atoms with E-state index in [1.54, 1.807) is 5.57 Å². The second kappa shape index (κ2) is 6.76. The second-order valence-electron chi connectivity index (χ2n) is 8.13. The molecule has 2 aliphatic rings. The molecule has 26 heavy (non-hydrogen) atoms. The van der Waals surface area contributed by atoms with E-state index in [0.717, 1.165) is 12.3 Å². The Hall–Kier alpha value is -2.34. The van der Waals surface area contributed by atoms with Crippen molar-refractivity contribution >= 4 is 16.8 Å². The van der Waals surface area contributed by atoms with Crippen LogP contribution in [0.2, 0.25) is 0 Å². The standard InChI is InChI=1S/C26H26/c1-2-7-19(8-3-1)15-20-16-23-11-6-12-25(26(23)17-20)24-14-13-21-9-4-5-10-22(21)18-24/h4-6,9-14,17-19H,1-3,7-8,15-16H2. The Labute approximate surface area is 156 Å². The summed E-state index contributed by atoms with van der Waals surface area (Å²) in [5.41, 5.74) is 7.37. The number of fused-ring (bicyclic) bond motifs is 2. The molecule has 0 atom stereocenters. The summed E-state index contributed by atoms with van der Waals surface area (Å²) in [7, 11) is 0. The highest BCUT2D eigenvalue weighted by Crippen LogP contribution is 2.38. The van der Waals surface area contributed by atoms with E-state index >= 15 is 0 Å². The molecule has 0 amide bonds. The Bertz CT molecular complexity index is 970. The van der Waals surface area contributed by atoms with E-state index in [4.69, 9.17) is 0 Å². The molecule has 5 rings (SSSR count). The van der Waals surface area contributed by atoms with Gasteiger partial charge in [0.2, 0.25) is 0 Å². The van der Waals surface area contributed by atoms with E-state index in [0.29, 0.717) is 0 Å². The van der Waals surface area contributed by atoms with E-state index in [-0.39, 0.29) is 0 Å². The smallest absolute Gasteiger partial charge is 0.00575 e. The third kappa shape index (κ3) is 2.98. The van der Waals surface area contributed by atoms with Crippen molar-refractivity contribution in [1.29, 1.82) is 0 Å². The lowest BCUT2D eigenvalue weighted by atomic mass is 9.84. The zero-order valence-corrected chi connectivity index (χ0v) is 15.4. The molecule has 0 saturated heterocycles. The van der Waals surface area contributed by atoms with Crippen molar-refractivity contribution in [2.75, 3.05) is 0 Å². The fourth-order valence-electron chi connectivity index (χ4n) is 4.94. The van der Waals surface area contributed by atoms with E-state index in [9.17, 15) is 0 Å². The molecule has 3 aromatic rings. The molecule has 1 fully saturated rings. The Morgan fingerprint density at radius 3 is 2.50 bits per heavy atom. The number of hydrogen-bond donors (Lipinski definition) is 0. The Kier molecular flexibility index (Phi) is 4.13. The molecule has 0 heterocycles. The Morgan fingerprint density at radius 1 is 0.769 bits per heavy atom. The van der Waals surface area contributed by atoms with Crippen LogP contribution in [0.25, 0.3) is 28.0 Å². The zero-order chi connectivity index (χ0) is 17.3. The molecular formula is C26H26. The zero-order valence-electron chi connectivity index (χ0n) is 15.4. The first-order valence-electron chi connectivity index (χ1n) is 10.2. The van der Waals surface area contributed by atoms with Crippen LogP contribution >= 0.6 is 0 Å². The van der Waals surface area contributed by atoms with Gasteiger partial charge in [0, 0.05) is 0 Å². The van der Waals surface area contributed by atoms with Gasteiger partial charge in [-0.15, -0.1) is 0 Å². The van der Waals surface area contributed by atoms with Gasteiger partial charge in [-0.1, -0.05) is 98.4 Å². The minimum absolute atomic E-state index is 0.924. The lowest BCUT2D eigenvalue weighted by Gasteiger charge is -2.21. The molecular weight excluding hydrogens is 312 g/mol. The van der Waals surface area contributed by atoms with Crippen molar-refractivity contribution in [3.63, 3.8) is 0 Å². The lowest BCUT2D eigenvalue weighted by molar-refractivity contribution is 0.355. The highest BCUT2D eigenvalue weighted by Gasteiger charge is 2.20. The van der Waals surface area contributed by atoms with Gasteiger partial charge < -0.3 is 0 Å². The summed E-state index contributed by atoms with van der Waals surface area (Å²) in [6.45, 7) is 0. The molecule has 0 unspecified atom stereocenters. The number of hydrogen-bond acceptors (Lipinski definition) is 0. The minimum atomic E-state index is 0.924. The number of benzene rings is 3. The minimum Gasteiger partial charge on any atom is -0.0649 e. The van der Waals surface area contributed by atoms with Crippen molar-refractivity contribution in [3.8, 4) is 11.1 Å². The molecule has 0 aromatic heterocycles. The van der Waals surface area contributed by atoms with Crippen LogP contribution in [0.5, 0.6) is 0 Å². The molecule has 0 spiro atoms. The molecule has 0 aliphatic heterocycles. The van der Waals surface area contributed by atoms with Gasteiger partial charge in [-0.05, 0) is 57.9 Å². The van der Waals surface area contributed by atoms with Crippen LogP contribution < -0.4 is 0 Å². The predicted molar refractivity (Wildman–Crippen MR) is 112 cm³/mol. The maximum atomic E-state index is 2.51. The highest BCUT2D eigenvalue weighted by molar-refractivity contribution is 5.90. The maximum absolute atomic E-state index is 2.51. The molecule has 0 nitrogen and oxygen atoms in total. The van der Waals surface area contributed by atoms with E-state index < -0.39 is 0 Å². The van der Waals surface area contributed by atoms with E-state index in [1.165, 1.54) is 71.6 Å². The van der Waals surface area contributed by atoms with Gasteiger partial charge in [0.05, 0.1) is 0 Å². The van der Waals surface area contributed by atoms with Gasteiger partial charge in [-0.25, -0.2) is 0 Å². The Balaban J connectivity index is 1.49. The Morgan fingerprint density at radius 2 is 1.62 bits per heavy atom. The third-order valence-electron chi connectivity index (χ3n) is 6.30. The largest absolute Gasteiger partial charge is 0.0649 e. The van der Waals surface area contributed by atoms with Gasteiger partial charge in [0.25, 0.3) is 0 Å². The quantitative estimate of drug-likeness (QED) is 0.466. The van der Waals surface area contributed by atoms with Gasteiger partial charge in [-0.3, -0.25) is 0 Å². The summed E-state index contributed by atoms with van der Waals surface area (Å²) in [5.74, 6) is 0.924. The topological polar surface area (TPSA) is 0 Å². The van der Waals surface area contributed by atoms with Crippen molar-refractivity contribution in [1.82, 2.24) is 0 Å². The average Bonchev–Trinajstić information content (AvgIpc) is 3.11. The van der Waals surface area contributed by atoms with Crippen LogP contribution in [-0.4, -0.2) is 0 Å². The fraction of sp³-hybridized carbons (Fsp3) is 0.308. The average molecular weight is 338 g/mol. The molecule has 130 valence electrons. The van der Waals surface area contributed by atoms with Gasteiger partial charge in [-0.2, -0.15) is 0 Å². The number of allylic oxidation sites excluding steroid dienone is 1. The summed E-state index contributed by atoms with van der Waals surface area (Å²) in [6, 6.07) is 22.4. The van der Waals surface area contributed by atoms with E-state index in [1.807, 2.05) is 0 Å². The molecule has 0 heteroatoms. The lowest BCUT2D eigenvalue weighted by Crippen LogP contribution is -2.07. The van der Waals surface area contributed by atoms with Crippen molar-refractivity contribution in [2.24, 2.45) is 5.92 Å². The van der Waals surface area contributed by atoms with Crippen molar-refractivity contribution < 1.29 is 0 Å². The molecule has 3 aromatic carbocycles. The normalized spacial score (nSPS) is 17.3. The fourth-order valence-corrected chi connectivity index (χ4v) is 4.94. The molecule has 0 N–H and O–H groups in total. The summed E-state index contributed by atoms with van der Waals surface area (Å²) in [6.07, 6.45) is 12.2. The molecule has 0 radical (unpaired) electrons. The molecule has 1 saturated carbocycles. The second-order valence-corrected chi connectivity index (χ2v) is 8.13. The first-order valence-corrected chi connectivity index (χ1v) is 10.2. The molecule has 0 bridgehead atoms. The van der Waals surface area contributed by atoms with Crippen molar-refractivity contribution in [3.05, 3.63) is 77.4 Å². The van der Waals surface area contributed by atoms with Crippen molar-refractivity contribution in [2.45, 2.75) is 44.9 Å². The number of rotatable bonds is 3. The first-order chi connectivity index (χ1) is 12.9. The molecule has 2 aliphatic carbocycles. The maximum Gasteiger partial charge on any atom is -0.00575 e. The summed E-state index contributed by atoms with van der Waals surface area (Å²) < 4.78 is 0. The van der Waals surface area contributed by atoms with Crippen LogP contribution in [-0.2, 0) is 6.42 Å². The van der Waals surface area contributed by atoms with Gasteiger partial charge in [0.15, 0.2) is 0 Å². The van der Waals surface area contributed by atoms with Gasteiger partial charge >= 0.3 is 0 Å². The van der Waals surface area contributed by atoms with Crippen LogP contribution in [0.15, 0.2) is 66.2 Å². The summed E-state index contributed by atoms with van der Waals surface area (Å²) in [4.78, 5) is 0. The summed E-state index contributed by atoms with van der Waals surface area (Å²) >= 11 is 0. The highest BCUT2D eigenvalue weighted by atomic mass is 14.3. The van der Waals surface area contributed by atoms with Gasteiger partial charge in [0.1, 0.15) is 0 Å². The predicted octanol–water partition coefficient (Wildman–Crippen LogP) is 7.42. The van der Waals surface area contributed by atoms with Crippen LogP contribution in [0.3, 0.4) is 0 Å². The monoisotopic (exact) mass is 338 g/mol. The van der Waals surface area contributed by atoms with Crippen LogP contribution in [0, 0.1) is 5.92 Å².